The summed E-state index contributed by atoms with van der Waals surface area (Å²) < 4.78 is 4.74. The van der Waals surface area contributed by atoms with Gasteiger partial charge in [-0.3, -0.25) is 4.79 Å². The van der Waals surface area contributed by atoms with Gasteiger partial charge in [0, 0.05) is 12.1 Å². The molecule has 41 heavy (non-hydrogen) atoms. The molecule has 2 aliphatic heterocycles. The van der Waals surface area contributed by atoms with Crippen molar-refractivity contribution < 1.29 is 14.3 Å². The maximum atomic E-state index is 13.5. The van der Waals surface area contributed by atoms with Crippen LogP contribution >= 0.6 is 0 Å². The quantitative estimate of drug-likeness (QED) is 0.337. The summed E-state index contributed by atoms with van der Waals surface area (Å²) in [6.07, 6.45) is 4.86. The molecule has 2 aliphatic rings. The number of rotatable bonds is 6. The van der Waals surface area contributed by atoms with Crippen LogP contribution in [0, 0.1) is 29.6 Å². The lowest BCUT2D eigenvalue weighted by molar-refractivity contribution is -0.135. The summed E-state index contributed by atoms with van der Waals surface area (Å²) >= 11 is 0. The van der Waals surface area contributed by atoms with Crippen molar-refractivity contribution in [2.24, 2.45) is 17.8 Å². The number of H-pyrrole nitrogens is 2. The Morgan fingerprint density at radius 1 is 1.02 bits per heavy atom. The van der Waals surface area contributed by atoms with E-state index in [9.17, 15) is 9.59 Å². The van der Waals surface area contributed by atoms with E-state index in [1.54, 1.807) is 12.4 Å². The van der Waals surface area contributed by atoms with Crippen LogP contribution in [0.2, 0.25) is 0 Å². The van der Waals surface area contributed by atoms with Crippen LogP contribution in [0.5, 0.6) is 0 Å². The van der Waals surface area contributed by atoms with E-state index >= 15 is 0 Å². The topological polar surface area (TPSA) is 128 Å². The highest BCUT2D eigenvalue weighted by Gasteiger charge is 2.40. The van der Waals surface area contributed by atoms with Crippen LogP contribution in [0.3, 0.4) is 0 Å². The number of carbonyl (C=O) groups is 2. The number of likely N-dealkylation sites (tertiary alicyclic amines) is 1. The van der Waals surface area contributed by atoms with Gasteiger partial charge in [-0.15, -0.1) is 0 Å². The van der Waals surface area contributed by atoms with Crippen LogP contribution in [0.4, 0.5) is 4.79 Å². The number of aromatic nitrogens is 4. The normalized spacial score (nSPS) is 22.8. The van der Waals surface area contributed by atoms with Crippen molar-refractivity contribution >= 4 is 12.0 Å². The molecule has 216 valence electrons. The van der Waals surface area contributed by atoms with E-state index in [1.165, 1.54) is 7.11 Å². The summed E-state index contributed by atoms with van der Waals surface area (Å²) in [6, 6.07) is 7.40. The smallest absolute Gasteiger partial charge is 0.407 e. The SMILES string of the molecule is COC(=O)N[C@H](C(=O)N1C[C@@H](C)C[C@H]1c1ncc(-c2ccc(C#Cc3cnc([C@@H]4C[C@H](C)CN4)[nH]3)cc2)[nH]1)C(C)C. The maximum Gasteiger partial charge on any atom is 0.407 e. The molecule has 0 spiro atoms. The van der Waals surface area contributed by atoms with Gasteiger partial charge in [-0.2, -0.15) is 0 Å². The molecule has 5 rings (SSSR count). The first kappa shape index (κ1) is 28.4. The van der Waals surface area contributed by atoms with Gasteiger partial charge in [0.15, 0.2) is 0 Å². The van der Waals surface area contributed by atoms with Crippen LogP contribution in [-0.2, 0) is 9.53 Å². The molecule has 0 aliphatic carbocycles. The highest BCUT2D eigenvalue weighted by molar-refractivity contribution is 5.86. The highest BCUT2D eigenvalue weighted by Crippen LogP contribution is 2.35. The third-order valence-corrected chi connectivity index (χ3v) is 7.91. The molecule has 2 saturated heterocycles. The Kier molecular flexibility index (Phi) is 8.45. The van der Waals surface area contributed by atoms with Crippen LogP contribution in [0.15, 0.2) is 36.7 Å². The van der Waals surface area contributed by atoms with Crippen molar-refractivity contribution in [3.05, 3.63) is 59.6 Å². The predicted molar refractivity (Wildman–Crippen MR) is 156 cm³/mol. The third-order valence-electron chi connectivity index (χ3n) is 7.91. The standard InChI is InChI=1S/C31H39N7O3/c1-18(2)27(37-31(40)41-5)30(39)38-17-20(4)13-26(38)29-34-16-25(36-29)22-9-6-21(7-10-22)8-11-23-15-33-28(35-23)24-12-19(3)14-32-24/h6-7,9-10,15-16,18-20,24,26-27,32H,12-14,17H2,1-5H3,(H,33,35)(H,34,36)(H,37,40)/t19-,20-,24-,26-,27-/m0/s1. The molecule has 4 N–H and O–H groups in total. The minimum absolute atomic E-state index is 0.0876. The van der Waals surface area contributed by atoms with Gasteiger partial charge in [0.25, 0.3) is 0 Å². The first-order valence-electron chi connectivity index (χ1n) is 14.3. The van der Waals surface area contributed by atoms with Crippen molar-refractivity contribution in [2.45, 2.75) is 58.7 Å². The van der Waals surface area contributed by atoms with Gasteiger partial charge in [0.05, 0.1) is 37.3 Å². The Labute approximate surface area is 241 Å². The molecule has 2 fully saturated rings. The molecule has 0 radical (unpaired) electrons. The molecular weight excluding hydrogens is 518 g/mol. The van der Waals surface area contributed by atoms with E-state index in [-0.39, 0.29) is 23.9 Å². The molecule has 2 aromatic heterocycles. The fourth-order valence-electron chi connectivity index (χ4n) is 5.65. The Morgan fingerprint density at radius 2 is 1.78 bits per heavy atom. The molecule has 0 bridgehead atoms. The number of nitrogens with one attached hydrogen (secondary N) is 4. The average molecular weight is 558 g/mol. The Bertz CT molecular complexity index is 1430. The molecule has 1 aromatic carbocycles. The number of hydrogen-bond acceptors (Lipinski definition) is 6. The minimum Gasteiger partial charge on any atom is -0.453 e. The summed E-state index contributed by atoms with van der Waals surface area (Å²) in [7, 11) is 1.30. The fraction of sp³-hybridized carbons (Fsp3) is 0.484. The predicted octanol–water partition coefficient (Wildman–Crippen LogP) is 4.16. The van der Waals surface area contributed by atoms with E-state index in [1.807, 2.05) is 43.0 Å². The number of nitrogens with zero attached hydrogens (tertiary/aromatic N) is 3. The van der Waals surface area contributed by atoms with Crippen molar-refractivity contribution in [1.29, 1.82) is 0 Å². The highest BCUT2D eigenvalue weighted by atomic mass is 16.5. The Balaban J connectivity index is 1.27. The maximum absolute atomic E-state index is 13.5. The second-order valence-corrected chi connectivity index (χ2v) is 11.7. The first-order chi connectivity index (χ1) is 19.7. The summed E-state index contributed by atoms with van der Waals surface area (Å²) in [4.78, 5) is 43.2. The van der Waals surface area contributed by atoms with E-state index in [4.69, 9.17) is 4.74 Å². The van der Waals surface area contributed by atoms with Gasteiger partial charge in [0.1, 0.15) is 23.4 Å². The van der Waals surface area contributed by atoms with Gasteiger partial charge >= 0.3 is 6.09 Å². The number of methoxy groups -OCH3 is 1. The molecule has 0 saturated carbocycles. The molecule has 3 aromatic rings. The monoisotopic (exact) mass is 557 g/mol. The average Bonchev–Trinajstić information content (AvgIpc) is 3.77. The van der Waals surface area contributed by atoms with Gasteiger partial charge in [-0.05, 0) is 60.8 Å². The number of alkyl carbamates (subject to hydrolysis) is 1. The lowest BCUT2D eigenvalue weighted by atomic mass is 10.0. The third kappa shape index (κ3) is 6.46. The van der Waals surface area contributed by atoms with Crippen LogP contribution < -0.4 is 10.6 Å². The molecule has 0 unspecified atom stereocenters. The van der Waals surface area contributed by atoms with Crippen LogP contribution in [0.1, 0.15) is 75.5 Å². The number of amides is 2. The van der Waals surface area contributed by atoms with Gasteiger partial charge in [0.2, 0.25) is 5.91 Å². The van der Waals surface area contributed by atoms with Crippen molar-refractivity contribution in [3.8, 4) is 23.1 Å². The van der Waals surface area contributed by atoms with Gasteiger partial charge < -0.3 is 30.2 Å². The fourth-order valence-corrected chi connectivity index (χ4v) is 5.65. The Hall–Kier alpha value is -4.10. The zero-order chi connectivity index (χ0) is 29.1. The van der Waals surface area contributed by atoms with Crippen LogP contribution in [0.25, 0.3) is 11.3 Å². The number of ether oxygens (including phenoxy) is 1. The zero-order valence-corrected chi connectivity index (χ0v) is 24.3. The summed E-state index contributed by atoms with van der Waals surface area (Å²) in [6.45, 7) is 9.80. The molecule has 2 amide bonds. The van der Waals surface area contributed by atoms with Crippen molar-refractivity contribution in [3.63, 3.8) is 0 Å². The minimum atomic E-state index is -0.672. The molecule has 10 nitrogen and oxygen atoms in total. The molecule has 10 heteroatoms. The largest absolute Gasteiger partial charge is 0.453 e. The van der Waals surface area contributed by atoms with Gasteiger partial charge in [-0.25, -0.2) is 14.8 Å². The molecule has 4 heterocycles. The lowest BCUT2D eigenvalue weighted by Crippen LogP contribution is -2.51. The van der Waals surface area contributed by atoms with E-state index in [0.717, 1.165) is 53.5 Å². The zero-order valence-electron chi connectivity index (χ0n) is 24.3. The number of aromatic amines is 2. The number of hydrogen-bond donors (Lipinski definition) is 4. The van der Waals surface area contributed by atoms with Gasteiger partial charge in [-0.1, -0.05) is 45.7 Å². The van der Waals surface area contributed by atoms with E-state index in [0.29, 0.717) is 18.4 Å². The van der Waals surface area contributed by atoms with E-state index < -0.39 is 12.1 Å². The summed E-state index contributed by atoms with van der Waals surface area (Å²) in [5, 5.41) is 6.19. The second-order valence-electron chi connectivity index (χ2n) is 11.7. The first-order valence-corrected chi connectivity index (χ1v) is 14.3. The second kappa shape index (κ2) is 12.2. The molecule has 5 atom stereocenters. The van der Waals surface area contributed by atoms with E-state index in [2.05, 4.69) is 56.3 Å². The van der Waals surface area contributed by atoms with Crippen molar-refractivity contribution in [2.75, 3.05) is 20.2 Å². The number of benzene rings is 1. The molecular formula is C31H39N7O3. The lowest BCUT2D eigenvalue weighted by Gasteiger charge is -2.30. The summed E-state index contributed by atoms with van der Waals surface area (Å²) in [5.41, 5.74) is 3.55. The Morgan fingerprint density at radius 3 is 2.46 bits per heavy atom. The van der Waals surface area contributed by atoms with Crippen molar-refractivity contribution in [1.82, 2.24) is 35.5 Å². The number of imidazole rings is 2. The number of carbonyl (C=O) groups excluding carboxylic acids is 2. The summed E-state index contributed by atoms with van der Waals surface area (Å²) in [5.74, 6) is 8.83. The van der Waals surface area contributed by atoms with Crippen LogP contribution in [-0.4, -0.2) is 63.1 Å².